The lowest BCUT2D eigenvalue weighted by Crippen LogP contribution is -2.52. The summed E-state index contributed by atoms with van der Waals surface area (Å²) in [7, 11) is 0. The Bertz CT molecular complexity index is 1170. The fraction of sp³-hybridized carbons (Fsp3) is 0.743. The second-order valence-electron chi connectivity index (χ2n) is 13.6. The van der Waals surface area contributed by atoms with Gasteiger partial charge in [0, 0.05) is 17.4 Å². The summed E-state index contributed by atoms with van der Waals surface area (Å²) in [5.74, 6) is -1.75. The highest BCUT2D eigenvalue weighted by molar-refractivity contribution is 5.96. The number of carbonyl (C=O) groups excluding carboxylic acids is 5. The van der Waals surface area contributed by atoms with E-state index in [9.17, 15) is 24.0 Å². The standard InChI is InChI=1S/C35H57N7O6.2ClH.3H2/c43-31(25-38-34(46)29(24-27-12-4-1-5-13-27)40-35(47)30-15-11-23-48-30)37-26-32(44)39-28(14-10-21-41-17-6-2-7-18-41)33(45)36-16-22-42-19-8-3-9-20-42;;;;;/h11,15,23,27-29H,1-10,12-14,16-22,24-26H2,(H,36,45)(H,37,43)(H,38,46)(H,39,44)(H,40,47);5*1H/t28?,29-;;;;;/m0...../s1. The molecule has 0 spiro atoms. The number of furan rings is 1. The van der Waals surface area contributed by atoms with Gasteiger partial charge in [0.15, 0.2) is 5.76 Å². The topological polar surface area (TPSA) is 165 Å². The normalized spacial score (nSPS) is 18.3. The van der Waals surface area contributed by atoms with Crippen LogP contribution in [0.2, 0.25) is 0 Å². The van der Waals surface area contributed by atoms with Crippen LogP contribution in [-0.2, 0) is 19.2 Å². The first-order valence-corrected chi connectivity index (χ1v) is 18.3. The highest BCUT2D eigenvalue weighted by Gasteiger charge is 2.28. The van der Waals surface area contributed by atoms with Gasteiger partial charge in [-0.15, -0.1) is 24.8 Å². The molecule has 290 valence electrons. The molecule has 0 radical (unpaired) electrons. The SMILES string of the molecule is Cl.Cl.O=C(CNC(=O)[C@H](CC1CCCCC1)NC(=O)c1ccco1)NCC(=O)NC(CCCN1CCCCC1)C(=O)NCCN1CCCCC1.[HH].[HH].[HH]. The molecule has 5 amide bonds. The number of nitrogens with one attached hydrogen (secondary N) is 5. The molecule has 3 heterocycles. The lowest BCUT2D eigenvalue weighted by Gasteiger charge is -2.28. The number of hydrogen-bond donors (Lipinski definition) is 5. The molecule has 4 rings (SSSR count). The van der Waals surface area contributed by atoms with E-state index in [4.69, 9.17) is 4.42 Å². The van der Waals surface area contributed by atoms with Crippen molar-refractivity contribution in [2.75, 3.05) is 58.9 Å². The summed E-state index contributed by atoms with van der Waals surface area (Å²) >= 11 is 0. The Morgan fingerprint density at radius 2 is 1.32 bits per heavy atom. The lowest BCUT2D eigenvalue weighted by atomic mass is 9.84. The predicted molar refractivity (Wildman–Crippen MR) is 203 cm³/mol. The molecule has 15 heteroatoms. The van der Waals surface area contributed by atoms with Crippen molar-refractivity contribution >= 4 is 54.3 Å². The zero-order valence-electron chi connectivity index (χ0n) is 29.4. The summed E-state index contributed by atoms with van der Waals surface area (Å²) in [6, 6.07) is 1.62. The van der Waals surface area contributed by atoms with Gasteiger partial charge >= 0.3 is 0 Å². The van der Waals surface area contributed by atoms with E-state index in [2.05, 4.69) is 36.4 Å². The molecule has 5 N–H and O–H groups in total. The average Bonchev–Trinajstić information content (AvgIpc) is 3.66. The summed E-state index contributed by atoms with van der Waals surface area (Å²) in [4.78, 5) is 69.2. The van der Waals surface area contributed by atoms with Crippen molar-refractivity contribution in [2.24, 2.45) is 5.92 Å². The molecule has 1 aliphatic carbocycles. The van der Waals surface area contributed by atoms with Crippen LogP contribution in [0, 0.1) is 5.92 Å². The molecule has 1 aromatic heterocycles. The number of halogens is 2. The van der Waals surface area contributed by atoms with Gasteiger partial charge in [-0.1, -0.05) is 44.9 Å². The fourth-order valence-corrected chi connectivity index (χ4v) is 7.02. The number of rotatable bonds is 18. The van der Waals surface area contributed by atoms with E-state index in [1.165, 1.54) is 57.3 Å². The Morgan fingerprint density at radius 3 is 1.96 bits per heavy atom. The molecule has 0 bridgehead atoms. The summed E-state index contributed by atoms with van der Waals surface area (Å²) in [5, 5.41) is 13.7. The Kier molecular flexibility index (Phi) is 21.1. The molecular formula is C35H65Cl2N7O6. The quantitative estimate of drug-likeness (QED) is 0.152. The first kappa shape index (κ1) is 43.3. The smallest absolute Gasteiger partial charge is 0.287 e. The van der Waals surface area contributed by atoms with E-state index in [0.717, 1.165) is 71.4 Å². The Labute approximate surface area is 313 Å². The molecule has 3 aliphatic rings. The van der Waals surface area contributed by atoms with Gasteiger partial charge in [-0.05, 0) is 95.7 Å². The van der Waals surface area contributed by atoms with E-state index in [1.807, 2.05) is 0 Å². The zero-order valence-corrected chi connectivity index (χ0v) is 31.0. The Balaban J connectivity index is 0. The predicted octanol–water partition coefficient (Wildman–Crippen LogP) is 3.52. The van der Waals surface area contributed by atoms with Crippen LogP contribution in [0.3, 0.4) is 0 Å². The van der Waals surface area contributed by atoms with E-state index in [0.29, 0.717) is 25.3 Å². The van der Waals surface area contributed by atoms with Crippen molar-refractivity contribution in [1.82, 2.24) is 36.4 Å². The molecule has 2 saturated heterocycles. The van der Waals surface area contributed by atoms with Crippen LogP contribution < -0.4 is 26.6 Å². The van der Waals surface area contributed by atoms with Gasteiger partial charge in [-0.2, -0.15) is 0 Å². The van der Waals surface area contributed by atoms with E-state index in [1.54, 1.807) is 6.07 Å². The van der Waals surface area contributed by atoms with E-state index in [-0.39, 0.29) is 53.9 Å². The molecule has 1 aromatic rings. The van der Waals surface area contributed by atoms with Crippen molar-refractivity contribution in [3.05, 3.63) is 24.2 Å². The van der Waals surface area contributed by atoms with Crippen molar-refractivity contribution in [3.63, 3.8) is 0 Å². The second-order valence-corrected chi connectivity index (χ2v) is 13.6. The highest BCUT2D eigenvalue weighted by Crippen LogP contribution is 2.27. The summed E-state index contributed by atoms with van der Waals surface area (Å²) in [6.45, 7) is 5.76. The lowest BCUT2D eigenvalue weighted by molar-refractivity contribution is -0.130. The van der Waals surface area contributed by atoms with Crippen molar-refractivity contribution in [2.45, 2.75) is 102 Å². The van der Waals surface area contributed by atoms with Gasteiger partial charge in [-0.3, -0.25) is 24.0 Å². The molecule has 2 atom stereocenters. The number of nitrogens with zero attached hydrogens (tertiary/aromatic N) is 2. The van der Waals surface area contributed by atoms with Crippen LogP contribution in [0.25, 0.3) is 0 Å². The van der Waals surface area contributed by atoms with E-state index >= 15 is 0 Å². The molecule has 0 aromatic carbocycles. The summed E-state index contributed by atoms with van der Waals surface area (Å²) in [5.41, 5.74) is 0. The first-order chi connectivity index (χ1) is 23.4. The number of hydrogen-bond acceptors (Lipinski definition) is 8. The van der Waals surface area contributed by atoms with Crippen LogP contribution in [0.4, 0.5) is 0 Å². The van der Waals surface area contributed by atoms with Crippen molar-refractivity contribution in [3.8, 4) is 0 Å². The molecule has 1 unspecified atom stereocenters. The largest absolute Gasteiger partial charge is 0.459 e. The number of carbonyl (C=O) groups is 5. The van der Waals surface area contributed by atoms with Crippen LogP contribution in [0.15, 0.2) is 22.8 Å². The maximum absolute atomic E-state index is 13.1. The second kappa shape index (κ2) is 24.3. The van der Waals surface area contributed by atoms with Crippen molar-refractivity contribution in [1.29, 1.82) is 0 Å². The van der Waals surface area contributed by atoms with Crippen LogP contribution >= 0.6 is 24.8 Å². The monoisotopic (exact) mass is 749 g/mol. The van der Waals surface area contributed by atoms with Crippen LogP contribution in [0.1, 0.15) is 105 Å². The molecule has 13 nitrogen and oxygen atoms in total. The maximum Gasteiger partial charge on any atom is 0.287 e. The Hall–Kier alpha value is -2.87. The van der Waals surface area contributed by atoms with E-state index < -0.39 is 35.7 Å². The zero-order chi connectivity index (χ0) is 34.0. The average molecular weight is 751 g/mol. The maximum atomic E-state index is 13.1. The highest BCUT2D eigenvalue weighted by atomic mass is 35.5. The third-order valence-electron chi connectivity index (χ3n) is 9.77. The Morgan fingerprint density at radius 1 is 0.720 bits per heavy atom. The fourth-order valence-electron chi connectivity index (χ4n) is 7.02. The number of amides is 5. The summed E-state index contributed by atoms with van der Waals surface area (Å²) < 4.78 is 5.18. The number of likely N-dealkylation sites (tertiary alicyclic amines) is 2. The third-order valence-corrected chi connectivity index (χ3v) is 9.77. The van der Waals surface area contributed by atoms with Gasteiger partial charge in [0.05, 0.1) is 19.4 Å². The van der Waals surface area contributed by atoms with Gasteiger partial charge in [0.1, 0.15) is 12.1 Å². The minimum absolute atomic E-state index is 0. The molecule has 2 aliphatic heterocycles. The summed E-state index contributed by atoms with van der Waals surface area (Å²) in [6.07, 6.45) is 15.8. The van der Waals surface area contributed by atoms with Gasteiger partial charge in [-0.25, -0.2) is 0 Å². The van der Waals surface area contributed by atoms with Gasteiger partial charge in [0.2, 0.25) is 23.6 Å². The molecular weight excluding hydrogens is 685 g/mol. The minimum Gasteiger partial charge on any atom is -0.459 e. The third kappa shape index (κ3) is 16.0. The molecule has 50 heavy (non-hydrogen) atoms. The molecule has 3 fully saturated rings. The minimum atomic E-state index is -0.819. The molecule has 1 saturated carbocycles. The first-order valence-electron chi connectivity index (χ1n) is 18.3. The van der Waals surface area contributed by atoms with Crippen molar-refractivity contribution < 1.29 is 32.7 Å². The van der Waals surface area contributed by atoms with Crippen LogP contribution in [0.5, 0.6) is 0 Å². The number of piperidine rings is 2. The van der Waals surface area contributed by atoms with Crippen LogP contribution in [-0.4, -0.2) is 110 Å². The van der Waals surface area contributed by atoms with Gasteiger partial charge < -0.3 is 40.8 Å². The van der Waals surface area contributed by atoms with Gasteiger partial charge in [0.25, 0.3) is 5.91 Å².